The molecule has 3 nitrogen and oxygen atoms in total. The second-order valence-corrected chi connectivity index (χ2v) is 5.73. The molecule has 1 aromatic heterocycles. The van der Waals surface area contributed by atoms with Gasteiger partial charge in [0.15, 0.2) is 5.13 Å². The average Bonchev–Trinajstić information content (AvgIpc) is 2.94. The summed E-state index contributed by atoms with van der Waals surface area (Å²) in [5.41, 5.74) is 1.11. The monoisotopic (exact) mass is 254 g/mol. The van der Waals surface area contributed by atoms with Gasteiger partial charge in [0.1, 0.15) is 0 Å². The van der Waals surface area contributed by atoms with E-state index in [1.54, 1.807) is 11.3 Å². The number of hydrogen-bond donors (Lipinski definition) is 1. The maximum atomic E-state index is 9.38. The molecule has 0 saturated carbocycles. The summed E-state index contributed by atoms with van der Waals surface area (Å²) in [4.78, 5) is 8.23. The van der Waals surface area contributed by atoms with Gasteiger partial charge in [0, 0.05) is 12.6 Å². The average molecular weight is 254 g/mol. The van der Waals surface area contributed by atoms with Gasteiger partial charge in [-0.1, -0.05) is 31.6 Å². The molecule has 1 aliphatic heterocycles. The van der Waals surface area contributed by atoms with E-state index in [1.165, 1.54) is 19.3 Å². The van der Waals surface area contributed by atoms with E-state index in [-0.39, 0.29) is 6.61 Å². The Kier molecular flexibility index (Phi) is 4.40. The Labute approximate surface area is 107 Å². The first kappa shape index (κ1) is 12.8. The van der Waals surface area contributed by atoms with Crippen LogP contribution in [0.3, 0.4) is 0 Å². The van der Waals surface area contributed by atoms with Gasteiger partial charge in [-0.2, -0.15) is 0 Å². The second-order valence-electron chi connectivity index (χ2n) is 4.67. The van der Waals surface area contributed by atoms with Crippen LogP contribution in [-0.2, 0) is 13.0 Å². The van der Waals surface area contributed by atoms with Gasteiger partial charge in [0.2, 0.25) is 0 Å². The van der Waals surface area contributed by atoms with Gasteiger partial charge in [-0.05, 0) is 25.7 Å². The van der Waals surface area contributed by atoms with Crippen LogP contribution in [-0.4, -0.2) is 22.7 Å². The first-order valence-corrected chi connectivity index (χ1v) is 7.47. The van der Waals surface area contributed by atoms with Crippen molar-refractivity contribution in [3.63, 3.8) is 0 Å². The first-order valence-electron chi connectivity index (χ1n) is 6.66. The third-order valence-electron chi connectivity index (χ3n) is 3.49. The molecule has 0 radical (unpaired) electrons. The number of aromatic nitrogens is 1. The van der Waals surface area contributed by atoms with Gasteiger partial charge in [-0.3, -0.25) is 0 Å². The van der Waals surface area contributed by atoms with E-state index in [2.05, 4.69) is 18.7 Å². The molecule has 2 rings (SSSR count). The zero-order chi connectivity index (χ0) is 12.3. The van der Waals surface area contributed by atoms with E-state index in [9.17, 15) is 5.11 Å². The van der Waals surface area contributed by atoms with E-state index in [0.29, 0.717) is 6.04 Å². The molecule has 0 aromatic carbocycles. The summed E-state index contributed by atoms with van der Waals surface area (Å²) in [6.07, 6.45) is 5.82. The summed E-state index contributed by atoms with van der Waals surface area (Å²) >= 11 is 1.68. The Balaban J connectivity index is 2.20. The second kappa shape index (κ2) is 5.83. The van der Waals surface area contributed by atoms with Gasteiger partial charge in [-0.25, -0.2) is 4.98 Å². The normalized spacial score (nSPS) is 20.2. The standard InChI is InChI=1S/C13H22N2OS/c1-3-6-11-12(9-16)17-13(14-11)15-8-5-7-10(15)4-2/h10,16H,3-9H2,1-2H3. The maximum absolute atomic E-state index is 9.38. The van der Waals surface area contributed by atoms with Crippen molar-refractivity contribution in [2.45, 2.75) is 58.6 Å². The molecular formula is C13H22N2OS. The van der Waals surface area contributed by atoms with E-state index >= 15 is 0 Å². The Bertz CT molecular complexity index is 364. The smallest absolute Gasteiger partial charge is 0.186 e. The van der Waals surface area contributed by atoms with Gasteiger partial charge in [0.25, 0.3) is 0 Å². The summed E-state index contributed by atoms with van der Waals surface area (Å²) in [7, 11) is 0. The highest BCUT2D eigenvalue weighted by atomic mass is 32.1. The number of aliphatic hydroxyl groups excluding tert-OH is 1. The van der Waals surface area contributed by atoms with E-state index in [0.717, 1.165) is 35.1 Å². The number of rotatable bonds is 5. The summed E-state index contributed by atoms with van der Waals surface area (Å²) in [5, 5.41) is 10.5. The number of hydrogen-bond acceptors (Lipinski definition) is 4. The van der Waals surface area contributed by atoms with Crippen molar-refractivity contribution in [2.24, 2.45) is 0 Å². The zero-order valence-corrected chi connectivity index (χ0v) is 11.6. The zero-order valence-electron chi connectivity index (χ0n) is 10.8. The lowest BCUT2D eigenvalue weighted by Crippen LogP contribution is -2.28. The topological polar surface area (TPSA) is 36.4 Å². The van der Waals surface area contributed by atoms with Crippen LogP contribution < -0.4 is 4.90 Å². The SMILES string of the molecule is CCCc1nc(N2CCCC2CC)sc1CO. The molecule has 1 aliphatic rings. The molecule has 1 atom stereocenters. The van der Waals surface area contributed by atoms with Crippen LogP contribution in [0.1, 0.15) is 50.1 Å². The highest BCUT2D eigenvalue weighted by Crippen LogP contribution is 2.33. The minimum Gasteiger partial charge on any atom is -0.391 e. The van der Waals surface area contributed by atoms with Crippen LogP contribution in [0.4, 0.5) is 5.13 Å². The molecule has 0 aliphatic carbocycles. The molecule has 4 heteroatoms. The summed E-state index contributed by atoms with van der Waals surface area (Å²) in [6.45, 7) is 5.67. The Morgan fingerprint density at radius 1 is 1.47 bits per heavy atom. The summed E-state index contributed by atoms with van der Waals surface area (Å²) in [5.74, 6) is 0. The van der Waals surface area contributed by atoms with E-state index in [4.69, 9.17) is 4.98 Å². The molecular weight excluding hydrogens is 232 g/mol. The molecule has 1 saturated heterocycles. The lowest BCUT2D eigenvalue weighted by Gasteiger charge is -2.22. The van der Waals surface area contributed by atoms with Crippen molar-refractivity contribution in [3.8, 4) is 0 Å². The molecule has 1 N–H and O–H groups in total. The molecule has 1 fully saturated rings. The molecule has 1 unspecified atom stereocenters. The number of thiazole rings is 1. The molecule has 2 heterocycles. The van der Waals surface area contributed by atoms with Crippen molar-refractivity contribution in [1.82, 2.24) is 4.98 Å². The predicted octanol–water partition coefficient (Wildman–Crippen LogP) is 2.97. The maximum Gasteiger partial charge on any atom is 0.186 e. The highest BCUT2D eigenvalue weighted by molar-refractivity contribution is 7.15. The van der Waals surface area contributed by atoms with Crippen LogP contribution in [0, 0.1) is 0 Å². The van der Waals surface area contributed by atoms with Crippen molar-refractivity contribution in [3.05, 3.63) is 10.6 Å². The Hall–Kier alpha value is -0.610. The lowest BCUT2D eigenvalue weighted by atomic mass is 10.2. The lowest BCUT2D eigenvalue weighted by molar-refractivity contribution is 0.284. The van der Waals surface area contributed by atoms with Crippen LogP contribution in [0.2, 0.25) is 0 Å². The van der Waals surface area contributed by atoms with Gasteiger partial charge in [-0.15, -0.1) is 0 Å². The molecule has 0 spiro atoms. The summed E-state index contributed by atoms with van der Waals surface area (Å²) < 4.78 is 0. The first-order chi connectivity index (χ1) is 8.30. The predicted molar refractivity (Wildman–Crippen MR) is 72.7 cm³/mol. The van der Waals surface area contributed by atoms with Gasteiger partial charge in [0.05, 0.1) is 17.2 Å². The minimum absolute atomic E-state index is 0.137. The van der Waals surface area contributed by atoms with Gasteiger partial charge < -0.3 is 10.0 Å². The van der Waals surface area contributed by atoms with E-state index in [1.807, 2.05) is 0 Å². The quantitative estimate of drug-likeness (QED) is 0.877. The minimum atomic E-state index is 0.137. The molecule has 0 bridgehead atoms. The number of aliphatic hydroxyl groups is 1. The summed E-state index contributed by atoms with van der Waals surface area (Å²) in [6, 6.07) is 0.655. The van der Waals surface area contributed by atoms with Crippen molar-refractivity contribution in [2.75, 3.05) is 11.4 Å². The van der Waals surface area contributed by atoms with Gasteiger partial charge >= 0.3 is 0 Å². The highest BCUT2D eigenvalue weighted by Gasteiger charge is 2.26. The molecule has 96 valence electrons. The third kappa shape index (κ3) is 2.63. The van der Waals surface area contributed by atoms with E-state index < -0.39 is 0 Å². The fourth-order valence-electron chi connectivity index (χ4n) is 2.56. The number of nitrogens with zero attached hydrogens (tertiary/aromatic N) is 2. The van der Waals surface area contributed by atoms with Crippen molar-refractivity contribution >= 4 is 16.5 Å². The van der Waals surface area contributed by atoms with Crippen molar-refractivity contribution in [1.29, 1.82) is 0 Å². The van der Waals surface area contributed by atoms with Crippen LogP contribution in [0.5, 0.6) is 0 Å². The van der Waals surface area contributed by atoms with Crippen molar-refractivity contribution < 1.29 is 5.11 Å². The fourth-order valence-corrected chi connectivity index (χ4v) is 3.62. The Morgan fingerprint density at radius 3 is 2.94 bits per heavy atom. The largest absolute Gasteiger partial charge is 0.391 e. The molecule has 0 amide bonds. The molecule has 17 heavy (non-hydrogen) atoms. The number of anilines is 1. The van der Waals surface area contributed by atoms with Crippen LogP contribution >= 0.6 is 11.3 Å². The number of aryl methyl sites for hydroxylation is 1. The van der Waals surface area contributed by atoms with Crippen LogP contribution in [0.25, 0.3) is 0 Å². The van der Waals surface area contributed by atoms with Crippen LogP contribution in [0.15, 0.2) is 0 Å². The fraction of sp³-hybridized carbons (Fsp3) is 0.769. The third-order valence-corrected chi connectivity index (χ3v) is 4.61. The molecule has 1 aromatic rings. The Morgan fingerprint density at radius 2 is 2.29 bits per heavy atom.